The predicted octanol–water partition coefficient (Wildman–Crippen LogP) is 6.29. The molecule has 0 bridgehead atoms. The Kier molecular flexibility index (Phi) is 12.5. The van der Waals surface area contributed by atoms with Gasteiger partial charge in [-0.1, -0.05) is 82.5 Å². The van der Waals surface area contributed by atoms with E-state index < -0.39 is 30.3 Å². The number of alkyl carbamates (subject to hydrolysis) is 2. The monoisotopic (exact) mass is 786 g/mol. The molecular formula is C44H50N8O6. The largest absolute Gasteiger partial charge is 0.453 e. The number of ether oxygens (including phenoxy) is 2. The van der Waals surface area contributed by atoms with Crippen LogP contribution < -0.4 is 10.6 Å². The Labute approximate surface area is 338 Å². The number of rotatable bonds is 10. The summed E-state index contributed by atoms with van der Waals surface area (Å²) in [5.41, 5.74) is 6.87. The number of amides is 4. The number of methoxy groups -OCH3 is 2. The minimum atomic E-state index is -0.746. The zero-order valence-electron chi connectivity index (χ0n) is 33.7. The number of likely N-dealkylation sites (tertiary alicyclic amines) is 2. The summed E-state index contributed by atoms with van der Waals surface area (Å²) in [7, 11) is 2.54. The number of aromatic amines is 2. The molecule has 6 rings (SSSR count). The van der Waals surface area contributed by atoms with Crippen LogP contribution in [0.15, 0.2) is 85.2 Å². The van der Waals surface area contributed by atoms with Crippen LogP contribution in [0.3, 0.4) is 0 Å². The van der Waals surface area contributed by atoms with Crippen molar-refractivity contribution in [1.82, 2.24) is 40.4 Å². The summed E-state index contributed by atoms with van der Waals surface area (Å²) in [4.78, 5) is 70.6. The second kappa shape index (κ2) is 17.7. The molecule has 0 unspecified atom stereocenters. The molecular weight excluding hydrogens is 737 g/mol. The molecule has 2 saturated heterocycles. The van der Waals surface area contributed by atoms with Crippen LogP contribution in [-0.4, -0.2) is 93.1 Å². The fourth-order valence-corrected chi connectivity index (χ4v) is 7.25. The highest BCUT2D eigenvalue weighted by Crippen LogP contribution is 2.37. The van der Waals surface area contributed by atoms with Crippen molar-refractivity contribution in [2.24, 2.45) is 11.8 Å². The lowest BCUT2D eigenvalue weighted by Crippen LogP contribution is -2.51. The van der Waals surface area contributed by atoms with E-state index in [4.69, 9.17) is 9.47 Å². The zero-order chi connectivity index (χ0) is 41.7. The first kappa shape index (κ1) is 41.0. The van der Waals surface area contributed by atoms with Crippen LogP contribution in [0.25, 0.3) is 22.5 Å². The number of hydrogen-bond donors (Lipinski definition) is 4. The normalized spacial score (nSPS) is 17.5. The van der Waals surface area contributed by atoms with Gasteiger partial charge in [-0.25, -0.2) is 19.6 Å². The summed E-state index contributed by atoms with van der Waals surface area (Å²) in [6.45, 7) is 16.7. The lowest BCUT2D eigenvalue weighted by molar-refractivity contribution is -0.136. The number of H-pyrrole nitrogens is 2. The van der Waals surface area contributed by atoms with E-state index in [-0.39, 0.29) is 29.7 Å². The van der Waals surface area contributed by atoms with Gasteiger partial charge >= 0.3 is 12.2 Å². The van der Waals surface area contributed by atoms with Gasteiger partial charge in [-0.15, -0.1) is 0 Å². The summed E-state index contributed by atoms with van der Waals surface area (Å²) >= 11 is 0. The molecule has 14 heteroatoms. The Balaban J connectivity index is 1.10. The summed E-state index contributed by atoms with van der Waals surface area (Å²) < 4.78 is 9.50. The average Bonchev–Trinajstić information content (AvgIpc) is 4.04. The van der Waals surface area contributed by atoms with E-state index in [9.17, 15) is 19.2 Å². The molecule has 2 aliphatic heterocycles. The number of aromatic nitrogens is 4. The van der Waals surface area contributed by atoms with Crippen LogP contribution in [0.4, 0.5) is 9.59 Å². The number of nitrogens with one attached hydrogen (secondary N) is 4. The molecule has 2 aromatic carbocycles. The molecule has 2 aliphatic rings. The van der Waals surface area contributed by atoms with Crippen LogP contribution in [0.5, 0.6) is 0 Å². The summed E-state index contributed by atoms with van der Waals surface area (Å²) in [6.07, 6.45) is 3.39. The van der Waals surface area contributed by atoms with Gasteiger partial charge in [0.25, 0.3) is 0 Å². The fraction of sp³-hybridized carbons (Fsp3) is 0.364. The number of carbonyl (C=O) groups is 4. The quantitative estimate of drug-likeness (QED) is 0.107. The molecule has 0 spiro atoms. The van der Waals surface area contributed by atoms with Gasteiger partial charge < -0.3 is 39.9 Å². The molecule has 14 nitrogen and oxygen atoms in total. The molecule has 4 atom stereocenters. The van der Waals surface area contributed by atoms with Crippen molar-refractivity contribution in [1.29, 1.82) is 0 Å². The third-order valence-corrected chi connectivity index (χ3v) is 10.5. The van der Waals surface area contributed by atoms with Gasteiger partial charge in [0.15, 0.2) is 0 Å². The maximum Gasteiger partial charge on any atom is 0.407 e. The molecule has 302 valence electrons. The Morgan fingerprint density at radius 3 is 1.69 bits per heavy atom. The smallest absolute Gasteiger partial charge is 0.407 e. The van der Waals surface area contributed by atoms with Gasteiger partial charge in [0.05, 0.1) is 44.0 Å². The van der Waals surface area contributed by atoms with Crippen molar-refractivity contribution >= 4 is 24.0 Å². The van der Waals surface area contributed by atoms with Gasteiger partial charge in [0.1, 0.15) is 29.8 Å². The van der Waals surface area contributed by atoms with Crippen LogP contribution in [-0.2, 0) is 19.1 Å². The second-order valence-corrected chi connectivity index (χ2v) is 15.3. The summed E-state index contributed by atoms with van der Waals surface area (Å²) in [6, 6.07) is 13.4. The van der Waals surface area contributed by atoms with Gasteiger partial charge in [-0.2, -0.15) is 0 Å². The summed E-state index contributed by atoms with van der Waals surface area (Å²) in [5, 5.41) is 5.34. The van der Waals surface area contributed by atoms with Crippen molar-refractivity contribution in [3.63, 3.8) is 0 Å². The Hall–Kier alpha value is -6.62. The Morgan fingerprint density at radius 1 is 0.741 bits per heavy atom. The lowest BCUT2D eigenvalue weighted by Gasteiger charge is -2.30. The minimum Gasteiger partial charge on any atom is -0.453 e. The highest BCUT2D eigenvalue weighted by atomic mass is 16.5. The Morgan fingerprint density at radius 2 is 1.21 bits per heavy atom. The van der Waals surface area contributed by atoms with E-state index in [0.717, 1.165) is 44.8 Å². The Bertz CT molecular complexity index is 2240. The molecule has 4 heterocycles. The topological polar surface area (TPSA) is 175 Å². The van der Waals surface area contributed by atoms with Gasteiger partial charge in [-0.05, 0) is 65.6 Å². The maximum absolute atomic E-state index is 13.6. The van der Waals surface area contributed by atoms with Gasteiger partial charge in [-0.3, -0.25) is 9.59 Å². The standard InChI is InChI=1S/C44H50N8O6/c1-25(2)36(49-43(55)57-7)41(53)51-20-19-28(6)38(51)40-46-23-34(48-40)32-17-13-30(14-18-32)10-9-29-11-15-31(16-12-29)33-22-45-39(47-33)35-21-27(5)24-52(35)42(54)37(26(3)4)50-44(56)58-8/h11-18,22-23,25-26,35-38H,5-6,19-21,24H2,1-4,7-8H3,(H,45,47)(H,46,48)(H,49,55)(H,50,56)/t35-,36-,37-,38-/m1/s1. The van der Waals surface area contributed by atoms with Gasteiger partial charge in [0, 0.05) is 24.2 Å². The minimum absolute atomic E-state index is 0.148. The van der Waals surface area contributed by atoms with Crippen molar-refractivity contribution in [2.75, 3.05) is 27.3 Å². The molecule has 4 aromatic rings. The zero-order valence-corrected chi connectivity index (χ0v) is 33.7. The lowest BCUT2D eigenvalue weighted by atomic mass is 10.0. The van der Waals surface area contributed by atoms with E-state index in [1.807, 2.05) is 76.2 Å². The van der Waals surface area contributed by atoms with Crippen molar-refractivity contribution in [3.05, 3.63) is 108 Å². The van der Waals surface area contributed by atoms with E-state index in [1.54, 1.807) is 22.2 Å². The van der Waals surface area contributed by atoms with Crippen molar-refractivity contribution in [2.45, 2.75) is 64.7 Å². The first-order valence-electron chi connectivity index (χ1n) is 19.2. The third kappa shape index (κ3) is 8.99. The molecule has 0 saturated carbocycles. The van der Waals surface area contributed by atoms with Crippen LogP contribution in [0.2, 0.25) is 0 Å². The number of benzene rings is 2. The molecule has 2 aromatic heterocycles. The molecule has 4 amide bonds. The molecule has 58 heavy (non-hydrogen) atoms. The summed E-state index contributed by atoms with van der Waals surface area (Å²) in [5.74, 6) is 7.00. The third-order valence-electron chi connectivity index (χ3n) is 10.5. The predicted molar refractivity (Wildman–Crippen MR) is 219 cm³/mol. The maximum atomic E-state index is 13.6. The first-order chi connectivity index (χ1) is 27.8. The number of nitrogens with zero attached hydrogens (tertiary/aromatic N) is 4. The molecule has 4 N–H and O–H groups in total. The molecule has 0 radical (unpaired) electrons. The first-order valence-corrected chi connectivity index (χ1v) is 19.2. The number of carbonyl (C=O) groups excluding carboxylic acids is 4. The van der Waals surface area contributed by atoms with E-state index in [1.165, 1.54) is 14.2 Å². The SMILES string of the molecule is C=C1C[C@H](c2ncc(-c3ccc(C#Cc4ccc(-c5cnc([C@H]6C(=C)CCN6C(=O)[C@H](NC(=O)OC)C(C)C)[nH]5)cc4)cc3)[nH]2)N(C(=O)[C@H](NC(=O)OC)C(C)C)C1. The van der Waals surface area contributed by atoms with Gasteiger partial charge in [0.2, 0.25) is 11.8 Å². The highest BCUT2D eigenvalue weighted by molar-refractivity contribution is 5.87. The van der Waals surface area contributed by atoms with Crippen LogP contribution in [0.1, 0.15) is 75.4 Å². The van der Waals surface area contributed by atoms with E-state index in [0.29, 0.717) is 37.6 Å². The fourth-order valence-electron chi connectivity index (χ4n) is 7.25. The van der Waals surface area contributed by atoms with Crippen molar-refractivity contribution in [3.8, 4) is 34.4 Å². The number of hydrogen-bond acceptors (Lipinski definition) is 8. The second-order valence-electron chi connectivity index (χ2n) is 15.3. The number of imidazole rings is 2. The molecule has 0 aliphatic carbocycles. The average molecular weight is 787 g/mol. The van der Waals surface area contributed by atoms with E-state index >= 15 is 0 Å². The van der Waals surface area contributed by atoms with Crippen LogP contribution >= 0.6 is 0 Å². The van der Waals surface area contributed by atoms with Crippen molar-refractivity contribution < 1.29 is 28.7 Å². The van der Waals surface area contributed by atoms with E-state index in [2.05, 4.69) is 55.6 Å². The highest BCUT2D eigenvalue weighted by Gasteiger charge is 2.40. The van der Waals surface area contributed by atoms with Crippen LogP contribution in [0, 0.1) is 23.7 Å². The molecule has 2 fully saturated rings.